The number of rotatable bonds is 8. The van der Waals surface area contributed by atoms with E-state index in [1.165, 1.54) is 51.6 Å². The van der Waals surface area contributed by atoms with Gasteiger partial charge in [-0.25, -0.2) is 0 Å². The largest absolute Gasteiger partial charge is 0.306 e. The average Bonchev–Trinajstić information content (AvgIpc) is 2.88. The van der Waals surface area contributed by atoms with Crippen molar-refractivity contribution in [2.75, 3.05) is 26.0 Å². The maximum absolute atomic E-state index is 5.61. The minimum atomic E-state index is 0.831. The molecule has 0 aromatic heterocycles. The molecule has 0 spiro atoms. The number of halogens is 1. The smallest absolute Gasteiger partial charge is 0.0223 e. The van der Waals surface area contributed by atoms with Crippen LogP contribution in [0.3, 0.4) is 0 Å². The molecular weight excluding hydrogens is 182 g/mol. The van der Waals surface area contributed by atoms with Crippen molar-refractivity contribution in [1.29, 1.82) is 0 Å². The lowest BCUT2D eigenvalue weighted by molar-refractivity contribution is 0.312. The van der Waals surface area contributed by atoms with Crippen molar-refractivity contribution in [3.63, 3.8) is 0 Å². The van der Waals surface area contributed by atoms with Gasteiger partial charge in [-0.15, -0.1) is 11.6 Å². The van der Waals surface area contributed by atoms with Gasteiger partial charge in [0.1, 0.15) is 0 Å². The van der Waals surface area contributed by atoms with Gasteiger partial charge in [0.15, 0.2) is 0 Å². The van der Waals surface area contributed by atoms with Crippen molar-refractivity contribution in [3.8, 4) is 0 Å². The summed E-state index contributed by atoms with van der Waals surface area (Å²) in [7, 11) is 2.25. The average molecular weight is 204 g/mol. The van der Waals surface area contributed by atoms with Crippen LogP contribution in [-0.4, -0.2) is 30.9 Å². The Morgan fingerprint density at radius 3 is 2.46 bits per heavy atom. The molecule has 1 nitrogen and oxygen atoms in total. The van der Waals surface area contributed by atoms with Gasteiger partial charge in [-0.2, -0.15) is 0 Å². The van der Waals surface area contributed by atoms with E-state index >= 15 is 0 Å². The van der Waals surface area contributed by atoms with Crippen molar-refractivity contribution in [1.82, 2.24) is 4.90 Å². The van der Waals surface area contributed by atoms with E-state index in [2.05, 4.69) is 11.9 Å². The highest BCUT2D eigenvalue weighted by atomic mass is 35.5. The Kier molecular flexibility index (Phi) is 5.81. The summed E-state index contributed by atoms with van der Waals surface area (Å²) in [4.78, 5) is 2.48. The van der Waals surface area contributed by atoms with Gasteiger partial charge in [0.2, 0.25) is 0 Å². The number of hydrogen-bond donors (Lipinski definition) is 0. The van der Waals surface area contributed by atoms with Crippen molar-refractivity contribution in [2.24, 2.45) is 5.92 Å². The fourth-order valence-electron chi connectivity index (χ4n) is 1.66. The summed E-state index contributed by atoms with van der Waals surface area (Å²) in [6.07, 6.45) is 8.13. The molecular formula is C11H22ClN. The lowest BCUT2D eigenvalue weighted by atomic mass is 10.2. The fourth-order valence-corrected chi connectivity index (χ4v) is 1.85. The molecule has 1 rings (SSSR count). The van der Waals surface area contributed by atoms with E-state index in [1.54, 1.807) is 0 Å². The molecule has 0 N–H and O–H groups in total. The molecule has 0 radical (unpaired) electrons. The molecule has 0 unspecified atom stereocenters. The van der Waals surface area contributed by atoms with Gasteiger partial charge in [-0.3, -0.25) is 0 Å². The molecule has 1 aliphatic rings. The Balaban J connectivity index is 1.80. The molecule has 0 atom stereocenters. The highest BCUT2D eigenvalue weighted by Gasteiger charge is 2.22. The summed E-state index contributed by atoms with van der Waals surface area (Å²) >= 11 is 5.61. The Hall–Kier alpha value is 0.250. The van der Waals surface area contributed by atoms with Crippen molar-refractivity contribution < 1.29 is 0 Å². The fraction of sp³-hybridized carbons (Fsp3) is 1.00. The zero-order chi connectivity index (χ0) is 9.52. The normalized spacial score (nSPS) is 16.8. The molecule has 0 saturated heterocycles. The second-order valence-electron chi connectivity index (χ2n) is 4.31. The zero-order valence-corrected chi connectivity index (χ0v) is 9.52. The summed E-state index contributed by atoms with van der Waals surface area (Å²) in [6, 6.07) is 0. The second kappa shape index (κ2) is 6.67. The molecule has 0 aromatic carbocycles. The topological polar surface area (TPSA) is 3.24 Å². The van der Waals surface area contributed by atoms with Gasteiger partial charge in [-0.1, -0.05) is 12.8 Å². The van der Waals surface area contributed by atoms with Gasteiger partial charge < -0.3 is 4.90 Å². The molecule has 1 fully saturated rings. The molecule has 0 heterocycles. The third-order valence-electron chi connectivity index (χ3n) is 2.69. The van der Waals surface area contributed by atoms with Crippen molar-refractivity contribution >= 4 is 11.6 Å². The summed E-state index contributed by atoms with van der Waals surface area (Å²) in [6.45, 7) is 2.61. The molecule has 1 saturated carbocycles. The predicted molar refractivity (Wildman–Crippen MR) is 59.4 cm³/mol. The van der Waals surface area contributed by atoms with Gasteiger partial charge in [0.05, 0.1) is 0 Å². The number of alkyl halides is 1. The van der Waals surface area contributed by atoms with E-state index in [9.17, 15) is 0 Å². The first kappa shape index (κ1) is 11.3. The van der Waals surface area contributed by atoms with E-state index in [0.717, 1.165) is 11.8 Å². The summed E-state index contributed by atoms with van der Waals surface area (Å²) in [5, 5.41) is 0. The van der Waals surface area contributed by atoms with Crippen LogP contribution in [0.1, 0.15) is 38.5 Å². The zero-order valence-electron chi connectivity index (χ0n) is 8.77. The number of nitrogens with zero attached hydrogens (tertiary/aromatic N) is 1. The predicted octanol–water partition coefficient (Wildman–Crippen LogP) is 3.13. The van der Waals surface area contributed by atoms with Crippen molar-refractivity contribution in [3.05, 3.63) is 0 Å². The summed E-state index contributed by atoms with van der Waals surface area (Å²) in [5.74, 6) is 1.87. The maximum atomic E-state index is 5.61. The summed E-state index contributed by atoms with van der Waals surface area (Å²) < 4.78 is 0. The van der Waals surface area contributed by atoms with E-state index in [-0.39, 0.29) is 0 Å². The maximum Gasteiger partial charge on any atom is 0.0223 e. The summed E-state index contributed by atoms with van der Waals surface area (Å²) in [5.41, 5.74) is 0. The van der Waals surface area contributed by atoms with Gasteiger partial charge in [0, 0.05) is 12.4 Å². The third-order valence-corrected chi connectivity index (χ3v) is 2.96. The quantitative estimate of drug-likeness (QED) is 0.433. The number of unbranched alkanes of at least 4 members (excludes halogenated alkanes) is 3. The van der Waals surface area contributed by atoms with Crippen LogP contribution in [0.25, 0.3) is 0 Å². The first-order valence-corrected chi connectivity index (χ1v) is 6.11. The highest BCUT2D eigenvalue weighted by molar-refractivity contribution is 6.17. The van der Waals surface area contributed by atoms with Crippen LogP contribution in [0, 0.1) is 5.92 Å². The highest BCUT2D eigenvalue weighted by Crippen LogP contribution is 2.29. The van der Waals surface area contributed by atoms with Gasteiger partial charge >= 0.3 is 0 Å². The molecule has 78 valence electrons. The molecule has 0 bridgehead atoms. The second-order valence-corrected chi connectivity index (χ2v) is 4.69. The van der Waals surface area contributed by atoms with Crippen LogP contribution < -0.4 is 0 Å². The van der Waals surface area contributed by atoms with E-state index in [0.29, 0.717) is 0 Å². The lowest BCUT2D eigenvalue weighted by Gasteiger charge is -2.15. The standard InChI is InChI=1S/C11H22ClN/c1-13(10-11-6-7-11)9-5-3-2-4-8-12/h11H,2-10H2,1H3. The Labute approximate surface area is 87.4 Å². The van der Waals surface area contributed by atoms with Crippen LogP contribution in [-0.2, 0) is 0 Å². The van der Waals surface area contributed by atoms with Crippen LogP contribution in [0.5, 0.6) is 0 Å². The monoisotopic (exact) mass is 203 g/mol. The first-order valence-electron chi connectivity index (χ1n) is 5.57. The van der Waals surface area contributed by atoms with Gasteiger partial charge in [0.25, 0.3) is 0 Å². The van der Waals surface area contributed by atoms with E-state index in [4.69, 9.17) is 11.6 Å². The molecule has 0 aromatic rings. The Morgan fingerprint density at radius 1 is 1.15 bits per heavy atom. The number of hydrogen-bond acceptors (Lipinski definition) is 1. The van der Waals surface area contributed by atoms with Gasteiger partial charge in [-0.05, 0) is 45.2 Å². The third kappa shape index (κ3) is 6.34. The SMILES string of the molecule is CN(CCCCCCCl)CC1CC1. The molecule has 13 heavy (non-hydrogen) atoms. The molecule has 1 aliphatic carbocycles. The molecule has 2 heteroatoms. The molecule has 0 aliphatic heterocycles. The van der Waals surface area contributed by atoms with Crippen LogP contribution in [0.2, 0.25) is 0 Å². The van der Waals surface area contributed by atoms with Crippen molar-refractivity contribution in [2.45, 2.75) is 38.5 Å². The minimum absolute atomic E-state index is 0.831. The molecule has 0 amide bonds. The van der Waals surface area contributed by atoms with E-state index in [1.807, 2.05) is 0 Å². The Bertz CT molecular complexity index is 123. The van der Waals surface area contributed by atoms with Crippen LogP contribution >= 0.6 is 11.6 Å². The van der Waals surface area contributed by atoms with Crippen LogP contribution in [0.4, 0.5) is 0 Å². The Morgan fingerprint density at radius 2 is 1.85 bits per heavy atom. The van der Waals surface area contributed by atoms with E-state index < -0.39 is 0 Å². The minimum Gasteiger partial charge on any atom is -0.306 e. The van der Waals surface area contributed by atoms with Crippen LogP contribution in [0.15, 0.2) is 0 Å². The lowest BCUT2D eigenvalue weighted by Crippen LogP contribution is -2.22. The first-order chi connectivity index (χ1) is 6.33.